The number of benzene rings is 1. The summed E-state index contributed by atoms with van der Waals surface area (Å²) in [6.45, 7) is 0. The van der Waals surface area contributed by atoms with Gasteiger partial charge < -0.3 is 0 Å². The first-order chi connectivity index (χ1) is 7.68. The quantitative estimate of drug-likeness (QED) is 0.790. The van der Waals surface area contributed by atoms with Gasteiger partial charge in [0, 0.05) is 16.2 Å². The summed E-state index contributed by atoms with van der Waals surface area (Å²) < 4.78 is 14.1. The van der Waals surface area contributed by atoms with Crippen LogP contribution in [-0.4, -0.2) is 10.8 Å². The maximum Gasteiger partial charge on any atom is 0.196 e. The summed E-state index contributed by atoms with van der Waals surface area (Å²) in [5.41, 5.74) is 0.479. The summed E-state index contributed by atoms with van der Waals surface area (Å²) in [6, 6.07) is 8.21. The highest BCUT2D eigenvalue weighted by atomic mass is 79.9. The van der Waals surface area contributed by atoms with Crippen molar-refractivity contribution in [3.8, 4) is 0 Å². The van der Waals surface area contributed by atoms with E-state index in [9.17, 15) is 9.18 Å². The van der Waals surface area contributed by atoms with Crippen molar-refractivity contribution in [3.63, 3.8) is 0 Å². The molecular weight excluding hydrogens is 273 g/mol. The predicted octanol–water partition coefficient (Wildman–Crippen LogP) is 3.21. The number of carbonyl (C=O) groups is 1. The van der Waals surface area contributed by atoms with Gasteiger partial charge >= 0.3 is 0 Å². The second kappa shape index (κ2) is 4.53. The molecule has 2 nitrogen and oxygen atoms in total. The van der Waals surface area contributed by atoms with Crippen molar-refractivity contribution >= 4 is 21.7 Å². The average Bonchev–Trinajstić information content (AvgIpc) is 2.29. The van der Waals surface area contributed by atoms with Crippen LogP contribution in [0.15, 0.2) is 47.2 Å². The van der Waals surface area contributed by atoms with Crippen LogP contribution in [0.3, 0.4) is 0 Å². The van der Waals surface area contributed by atoms with Gasteiger partial charge in [-0.25, -0.2) is 4.39 Å². The molecule has 16 heavy (non-hydrogen) atoms. The molecular formula is C12H7BrFNO. The second-order valence-corrected chi connectivity index (χ2v) is 4.11. The van der Waals surface area contributed by atoms with Crippen LogP contribution in [0.5, 0.6) is 0 Å². The molecule has 0 fully saturated rings. The fourth-order valence-electron chi connectivity index (χ4n) is 1.34. The number of hydrogen-bond acceptors (Lipinski definition) is 2. The SMILES string of the molecule is O=C(c1cccc(Br)c1)c1ccncc1F. The summed E-state index contributed by atoms with van der Waals surface area (Å²) >= 11 is 3.26. The van der Waals surface area contributed by atoms with Crippen LogP contribution in [0.2, 0.25) is 0 Å². The predicted molar refractivity (Wildman–Crippen MR) is 61.8 cm³/mol. The van der Waals surface area contributed by atoms with Crippen LogP contribution in [-0.2, 0) is 0 Å². The van der Waals surface area contributed by atoms with Crippen molar-refractivity contribution in [2.45, 2.75) is 0 Å². The first-order valence-corrected chi connectivity index (χ1v) is 5.37. The molecule has 0 N–H and O–H groups in total. The number of hydrogen-bond donors (Lipinski definition) is 0. The number of rotatable bonds is 2. The molecule has 0 aliphatic heterocycles. The normalized spacial score (nSPS) is 10.1. The Balaban J connectivity index is 2.44. The van der Waals surface area contributed by atoms with Gasteiger partial charge in [0.25, 0.3) is 0 Å². The molecule has 1 aromatic carbocycles. The maximum atomic E-state index is 13.3. The fourth-order valence-corrected chi connectivity index (χ4v) is 1.74. The molecule has 0 radical (unpaired) electrons. The molecule has 1 aromatic heterocycles. The van der Waals surface area contributed by atoms with Gasteiger partial charge in [-0.2, -0.15) is 0 Å². The fraction of sp³-hybridized carbons (Fsp3) is 0. The highest BCUT2D eigenvalue weighted by molar-refractivity contribution is 9.10. The number of carbonyl (C=O) groups excluding carboxylic acids is 1. The molecule has 0 bridgehead atoms. The molecule has 0 aliphatic rings. The van der Waals surface area contributed by atoms with Crippen LogP contribution in [0.4, 0.5) is 4.39 Å². The smallest absolute Gasteiger partial charge is 0.196 e. The van der Waals surface area contributed by atoms with E-state index in [1.807, 2.05) is 0 Å². The van der Waals surface area contributed by atoms with Crippen LogP contribution in [0.1, 0.15) is 15.9 Å². The summed E-state index contributed by atoms with van der Waals surface area (Å²) in [6.07, 6.45) is 2.43. The van der Waals surface area contributed by atoms with Crippen LogP contribution >= 0.6 is 15.9 Å². The standard InChI is InChI=1S/C12H7BrFNO/c13-9-3-1-2-8(6-9)12(16)10-4-5-15-7-11(10)14/h1-7H. The highest BCUT2D eigenvalue weighted by Crippen LogP contribution is 2.16. The van der Waals surface area contributed by atoms with E-state index in [4.69, 9.17) is 0 Å². The monoisotopic (exact) mass is 279 g/mol. The molecule has 2 aromatic rings. The zero-order chi connectivity index (χ0) is 11.5. The van der Waals surface area contributed by atoms with Gasteiger partial charge in [0.15, 0.2) is 11.6 Å². The van der Waals surface area contributed by atoms with Gasteiger partial charge in [0.05, 0.1) is 11.8 Å². The minimum absolute atomic E-state index is 0.0353. The Morgan fingerprint density at radius 3 is 2.81 bits per heavy atom. The Bertz CT molecular complexity index is 542. The lowest BCUT2D eigenvalue weighted by molar-refractivity contribution is 0.103. The molecule has 0 spiro atoms. The lowest BCUT2D eigenvalue weighted by atomic mass is 10.0. The van der Waals surface area contributed by atoms with Crippen molar-refractivity contribution in [2.75, 3.05) is 0 Å². The molecule has 0 unspecified atom stereocenters. The van der Waals surface area contributed by atoms with Gasteiger partial charge in [0.1, 0.15) is 0 Å². The average molecular weight is 280 g/mol. The lowest BCUT2D eigenvalue weighted by Crippen LogP contribution is -2.04. The third-order valence-electron chi connectivity index (χ3n) is 2.10. The third-order valence-corrected chi connectivity index (χ3v) is 2.60. The maximum absolute atomic E-state index is 13.3. The molecule has 0 aliphatic carbocycles. The van der Waals surface area contributed by atoms with E-state index in [1.54, 1.807) is 24.3 Å². The van der Waals surface area contributed by atoms with Crippen molar-refractivity contribution in [1.82, 2.24) is 4.98 Å². The number of nitrogens with zero attached hydrogens (tertiary/aromatic N) is 1. The van der Waals surface area contributed by atoms with Crippen molar-refractivity contribution < 1.29 is 9.18 Å². The Morgan fingerprint density at radius 1 is 1.31 bits per heavy atom. The molecule has 0 saturated carbocycles. The number of pyridine rings is 1. The number of aromatic nitrogens is 1. The minimum Gasteiger partial charge on any atom is -0.288 e. The molecule has 1 heterocycles. The van der Waals surface area contributed by atoms with E-state index < -0.39 is 5.82 Å². The zero-order valence-electron chi connectivity index (χ0n) is 8.15. The summed E-state index contributed by atoms with van der Waals surface area (Å²) in [5, 5.41) is 0. The highest BCUT2D eigenvalue weighted by Gasteiger charge is 2.13. The van der Waals surface area contributed by atoms with Crippen LogP contribution < -0.4 is 0 Å². The molecule has 80 valence electrons. The molecule has 0 amide bonds. The topological polar surface area (TPSA) is 30.0 Å². The molecule has 0 atom stereocenters. The van der Waals surface area contributed by atoms with E-state index >= 15 is 0 Å². The van der Waals surface area contributed by atoms with Crippen molar-refractivity contribution in [3.05, 3.63) is 64.1 Å². The van der Waals surface area contributed by atoms with E-state index in [0.29, 0.717) is 5.56 Å². The molecule has 2 rings (SSSR count). The lowest BCUT2D eigenvalue weighted by Gasteiger charge is -2.02. The number of ketones is 1. The Hall–Kier alpha value is -1.55. The molecule has 4 heteroatoms. The summed E-state index contributed by atoms with van der Waals surface area (Å²) in [5.74, 6) is -0.950. The minimum atomic E-state index is -0.604. The first-order valence-electron chi connectivity index (χ1n) is 4.58. The van der Waals surface area contributed by atoms with E-state index in [2.05, 4.69) is 20.9 Å². The van der Waals surface area contributed by atoms with E-state index in [-0.39, 0.29) is 11.3 Å². The largest absolute Gasteiger partial charge is 0.288 e. The Labute approximate surface area is 100 Å². The summed E-state index contributed by atoms with van der Waals surface area (Å²) in [7, 11) is 0. The first kappa shape index (κ1) is 11.0. The number of halogens is 2. The van der Waals surface area contributed by atoms with E-state index in [0.717, 1.165) is 10.7 Å². The third kappa shape index (κ3) is 2.17. The van der Waals surface area contributed by atoms with Crippen LogP contribution in [0, 0.1) is 5.82 Å². The van der Waals surface area contributed by atoms with E-state index in [1.165, 1.54) is 12.3 Å². The molecule has 0 saturated heterocycles. The summed E-state index contributed by atoms with van der Waals surface area (Å²) in [4.78, 5) is 15.5. The zero-order valence-corrected chi connectivity index (χ0v) is 9.74. The van der Waals surface area contributed by atoms with Gasteiger partial charge in [0.2, 0.25) is 0 Å². The van der Waals surface area contributed by atoms with Gasteiger partial charge in [-0.3, -0.25) is 9.78 Å². The van der Waals surface area contributed by atoms with Crippen molar-refractivity contribution in [1.29, 1.82) is 0 Å². The Kier molecular flexibility index (Phi) is 3.10. The van der Waals surface area contributed by atoms with Gasteiger partial charge in [-0.15, -0.1) is 0 Å². The second-order valence-electron chi connectivity index (χ2n) is 3.19. The Morgan fingerprint density at radius 2 is 2.12 bits per heavy atom. The van der Waals surface area contributed by atoms with Gasteiger partial charge in [-0.05, 0) is 18.2 Å². The van der Waals surface area contributed by atoms with Crippen LogP contribution in [0.25, 0.3) is 0 Å². The van der Waals surface area contributed by atoms with Gasteiger partial charge in [-0.1, -0.05) is 28.1 Å². The van der Waals surface area contributed by atoms with Crippen molar-refractivity contribution in [2.24, 2.45) is 0 Å².